The van der Waals surface area contributed by atoms with Crippen LogP contribution in [-0.4, -0.2) is 15.7 Å². The van der Waals surface area contributed by atoms with Gasteiger partial charge >= 0.3 is 0 Å². The number of carbonyl (C=O) groups is 1. The number of halogens is 2. The number of rotatable bonds is 5. The number of hydrogen-bond donors (Lipinski definition) is 1. The smallest absolute Gasteiger partial charge is 0.255 e. The van der Waals surface area contributed by atoms with Crippen LogP contribution in [0.15, 0.2) is 54.7 Å². The Bertz CT molecular complexity index is 907. The molecular weight excluding hydrogens is 341 g/mol. The predicted molar refractivity (Wildman–Crippen MR) is 95.5 cm³/mol. The fraction of sp³-hybridized carbons (Fsp3) is 0.158. The molecule has 0 radical (unpaired) electrons. The normalized spacial score (nSPS) is 10.7. The first-order valence-corrected chi connectivity index (χ1v) is 8.32. The van der Waals surface area contributed by atoms with Gasteiger partial charge in [0.25, 0.3) is 5.91 Å². The molecule has 2 aromatic carbocycles. The van der Waals surface area contributed by atoms with Gasteiger partial charge in [-0.05, 0) is 30.7 Å². The molecule has 0 fully saturated rings. The largest absolute Gasteiger partial charge is 0.348 e. The van der Waals surface area contributed by atoms with Crippen molar-refractivity contribution in [1.82, 2.24) is 15.1 Å². The molecular formula is C19H17ClFN3O. The van der Waals surface area contributed by atoms with Crippen LogP contribution in [0, 0.1) is 5.82 Å². The Morgan fingerprint density at radius 3 is 2.76 bits per heavy atom. The summed E-state index contributed by atoms with van der Waals surface area (Å²) in [5.74, 6) is -0.624. The summed E-state index contributed by atoms with van der Waals surface area (Å²) in [6, 6.07) is 13.6. The zero-order chi connectivity index (χ0) is 17.8. The minimum absolute atomic E-state index is 0.122. The van der Waals surface area contributed by atoms with Gasteiger partial charge in [-0.2, -0.15) is 5.10 Å². The predicted octanol–water partition coefficient (Wildman–Crippen LogP) is 4.16. The van der Waals surface area contributed by atoms with Crippen LogP contribution in [0.5, 0.6) is 0 Å². The van der Waals surface area contributed by atoms with Crippen LogP contribution in [0.2, 0.25) is 5.02 Å². The summed E-state index contributed by atoms with van der Waals surface area (Å²) in [4.78, 5) is 12.5. The first-order valence-electron chi connectivity index (χ1n) is 7.94. The molecule has 1 heterocycles. The van der Waals surface area contributed by atoms with E-state index < -0.39 is 0 Å². The van der Waals surface area contributed by atoms with Gasteiger partial charge in [-0.25, -0.2) is 9.07 Å². The van der Waals surface area contributed by atoms with E-state index in [-0.39, 0.29) is 18.3 Å². The van der Waals surface area contributed by atoms with E-state index >= 15 is 0 Å². The highest BCUT2D eigenvalue weighted by Crippen LogP contribution is 2.19. The number of carbonyl (C=O) groups excluding carboxylic acids is 1. The molecule has 3 aromatic rings. The second kappa shape index (κ2) is 7.49. The average molecular weight is 358 g/mol. The number of aromatic nitrogens is 2. The van der Waals surface area contributed by atoms with Crippen LogP contribution in [0.4, 0.5) is 4.39 Å². The van der Waals surface area contributed by atoms with E-state index in [1.54, 1.807) is 35.0 Å². The lowest BCUT2D eigenvalue weighted by Crippen LogP contribution is -2.24. The minimum Gasteiger partial charge on any atom is -0.348 e. The summed E-state index contributed by atoms with van der Waals surface area (Å²) in [6.07, 6.45) is 2.14. The number of amides is 1. The summed E-state index contributed by atoms with van der Waals surface area (Å²) in [7, 11) is 0. The quantitative estimate of drug-likeness (QED) is 0.745. The number of nitrogens with zero attached hydrogens (tertiary/aromatic N) is 2. The molecule has 0 aliphatic rings. The van der Waals surface area contributed by atoms with Crippen molar-refractivity contribution >= 4 is 17.5 Å². The molecule has 1 aromatic heterocycles. The van der Waals surface area contributed by atoms with E-state index in [9.17, 15) is 9.18 Å². The Labute approximate surface area is 150 Å². The molecule has 0 aliphatic carbocycles. The van der Waals surface area contributed by atoms with Crippen molar-refractivity contribution in [3.63, 3.8) is 0 Å². The molecule has 4 nitrogen and oxygen atoms in total. The Hall–Kier alpha value is -2.66. The van der Waals surface area contributed by atoms with Crippen LogP contribution < -0.4 is 5.32 Å². The maximum atomic E-state index is 13.7. The van der Waals surface area contributed by atoms with E-state index in [1.165, 1.54) is 12.3 Å². The van der Waals surface area contributed by atoms with Crippen LogP contribution in [-0.2, 0) is 13.0 Å². The van der Waals surface area contributed by atoms with Crippen molar-refractivity contribution in [1.29, 1.82) is 0 Å². The lowest BCUT2D eigenvalue weighted by molar-refractivity contribution is 0.0949. The molecule has 3 rings (SSSR count). The Kier molecular flexibility index (Phi) is 5.14. The van der Waals surface area contributed by atoms with Gasteiger partial charge in [0.1, 0.15) is 5.82 Å². The average Bonchev–Trinajstić information content (AvgIpc) is 3.05. The van der Waals surface area contributed by atoms with Crippen molar-refractivity contribution < 1.29 is 9.18 Å². The third-order valence-electron chi connectivity index (χ3n) is 3.90. The zero-order valence-corrected chi connectivity index (χ0v) is 14.4. The van der Waals surface area contributed by atoms with Crippen LogP contribution in [0.1, 0.15) is 28.5 Å². The summed E-state index contributed by atoms with van der Waals surface area (Å²) in [6.45, 7) is 2.07. The van der Waals surface area contributed by atoms with Crippen molar-refractivity contribution in [3.05, 3.63) is 82.4 Å². The Morgan fingerprint density at radius 2 is 2.04 bits per heavy atom. The summed E-state index contributed by atoms with van der Waals surface area (Å²) in [5, 5.41) is 7.66. The SMILES string of the molecule is CCc1c(C(=O)NCc2ccccc2F)cnn1-c1cccc(Cl)c1. The molecule has 128 valence electrons. The fourth-order valence-electron chi connectivity index (χ4n) is 2.65. The first kappa shape index (κ1) is 17.2. The molecule has 0 aliphatic heterocycles. The van der Waals surface area contributed by atoms with Crippen LogP contribution >= 0.6 is 11.6 Å². The van der Waals surface area contributed by atoms with Crippen LogP contribution in [0.25, 0.3) is 5.69 Å². The van der Waals surface area contributed by atoms with Gasteiger partial charge < -0.3 is 5.32 Å². The second-order valence-electron chi connectivity index (χ2n) is 5.52. The van der Waals surface area contributed by atoms with E-state index in [0.29, 0.717) is 22.6 Å². The van der Waals surface area contributed by atoms with Crippen molar-refractivity contribution in [2.24, 2.45) is 0 Å². The maximum Gasteiger partial charge on any atom is 0.255 e. The molecule has 0 saturated heterocycles. The maximum absolute atomic E-state index is 13.7. The molecule has 1 amide bonds. The van der Waals surface area contributed by atoms with Gasteiger partial charge in [-0.15, -0.1) is 0 Å². The molecule has 6 heteroatoms. The minimum atomic E-state index is -0.340. The van der Waals surface area contributed by atoms with Gasteiger partial charge in [0.2, 0.25) is 0 Å². The monoisotopic (exact) mass is 357 g/mol. The van der Waals surface area contributed by atoms with Gasteiger partial charge in [-0.3, -0.25) is 4.79 Å². The fourth-order valence-corrected chi connectivity index (χ4v) is 2.83. The first-order chi connectivity index (χ1) is 12.1. The van der Waals surface area contributed by atoms with Gasteiger partial charge in [0.15, 0.2) is 0 Å². The van der Waals surface area contributed by atoms with E-state index in [1.807, 2.05) is 19.1 Å². The number of hydrogen-bond acceptors (Lipinski definition) is 2. The highest BCUT2D eigenvalue weighted by molar-refractivity contribution is 6.30. The van der Waals surface area contributed by atoms with E-state index in [0.717, 1.165) is 11.4 Å². The molecule has 0 atom stereocenters. The van der Waals surface area contributed by atoms with E-state index in [4.69, 9.17) is 11.6 Å². The highest BCUT2D eigenvalue weighted by atomic mass is 35.5. The summed E-state index contributed by atoms with van der Waals surface area (Å²) >= 11 is 6.04. The van der Waals surface area contributed by atoms with Crippen molar-refractivity contribution in [2.45, 2.75) is 19.9 Å². The Morgan fingerprint density at radius 1 is 1.24 bits per heavy atom. The number of benzene rings is 2. The van der Waals surface area contributed by atoms with Crippen molar-refractivity contribution in [2.75, 3.05) is 0 Å². The highest BCUT2D eigenvalue weighted by Gasteiger charge is 2.17. The molecule has 25 heavy (non-hydrogen) atoms. The third-order valence-corrected chi connectivity index (χ3v) is 4.13. The standard InChI is InChI=1S/C19H17ClFN3O/c1-2-18-16(12-23-24(18)15-8-5-7-14(20)10-15)19(25)22-11-13-6-3-4-9-17(13)21/h3-10,12H,2,11H2,1H3,(H,22,25). The molecule has 0 saturated carbocycles. The summed E-state index contributed by atoms with van der Waals surface area (Å²) in [5.41, 5.74) is 2.47. The third kappa shape index (κ3) is 3.72. The lowest BCUT2D eigenvalue weighted by atomic mass is 10.1. The summed E-state index contributed by atoms with van der Waals surface area (Å²) < 4.78 is 15.4. The molecule has 1 N–H and O–H groups in total. The topological polar surface area (TPSA) is 46.9 Å². The molecule has 0 unspecified atom stereocenters. The number of nitrogens with one attached hydrogen (secondary N) is 1. The molecule has 0 bridgehead atoms. The second-order valence-corrected chi connectivity index (χ2v) is 5.96. The van der Waals surface area contributed by atoms with Crippen LogP contribution in [0.3, 0.4) is 0 Å². The van der Waals surface area contributed by atoms with E-state index in [2.05, 4.69) is 10.4 Å². The molecule has 0 spiro atoms. The zero-order valence-electron chi connectivity index (χ0n) is 13.7. The lowest BCUT2D eigenvalue weighted by Gasteiger charge is -2.09. The van der Waals surface area contributed by atoms with Crippen molar-refractivity contribution in [3.8, 4) is 5.69 Å². The Balaban J connectivity index is 1.83. The van der Waals surface area contributed by atoms with Gasteiger partial charge in [0, 0.05) is 17.1 Å². The van der Waals surface area contributed by atoms with Gasteiger partial charge in [0.05, 0.1) is 23.1 Å². The van der Waals surface area contributed by atoms with Gasteiger partial charge in [-0.1, -0.05) is 42.8 Å².